The van der Waals surface area contributed by atoms with Crippen molar-refractivity contribution in [2.24, 2.45) is 0 Å². The van der Waals surface area contributed by atoms with Crippen LogP contribution in [0, 0.1) is 0 Å². The molecule has 178 valence electrons. The molecule has 1 saturated heterocycles. The highest BCUT2D eigenvalue weighted by Gasteiger charge is 2.24. The monoisotopic (exact) mass is 488 g/mol. The van der Waals surface area contributed by atoms with Gasteiger partial charge in [0.25, 0.3) is 5.91 Å². The average molecular weight is 489 g/mol. The number of hydrogen-bond acceptors (Lipinski definition) is 4. The molecule has 1 unspecified atom stereocenters. The molecule has 1 amide bonds. The molecular formula is C26H33ClN2O3S. The fourth-order valence-corrected chi connectivity index (χ4v) is 5.44. The number of benzene rings is 2. The van der Waals surface area contributed by atoms with E-state index in [-0.39, 0.29) is 6.42 Å². The number of carboxylic acid groups (broad SMARTS) is 1. The van der Waals surface area contributed by atoms with E-state index in [1.165, 1.54) is 17.7 Å². The maximum absolute atomic E-state index is 12.8. The van der Waals surface area contributed by atoms with Gasteiger partial charge in [0.2, 0.25) is 0 Å². The Morgan fingerprint density at radius 3 is 2.45 bits per heavy atom. The summed E-state index contributed by atoms with van der Waals surface area (Å²) in [6.45, 7) is 6.35. The van der Waals surface area contributed by atoms with Gasteiger partial charge in [0.1, 0.15) is 6.04 Å². The first-order valence-corrected chi connectivity index (χ1v) is 13.0. The molecule has 0 bridgehead atoms. The Hall–Kier alpha value is -2.02. The molecule has 1 heterocycles. The molecule has 2 aromatic rings. The first-order valence-electron chi connectivity index (χ1n) is 11.7. The highest BCUT2D eigenvalue weighted by Crippen LogP contribution is 2.31. The summed E-state index contributed by atoms with van der Waals surface area (Å²) in [5.74, 6) is 0.209. The Kier molecular flexibility index (Phi) is 9.65. The third-order valence-corrected chi connectivity index (χ3v) is 7.77. The van der Waals surface area contributed by atoms with E-state index in [1.807, 2.05) is 37.1 Å². The Labute approximate surface area is 206 Å². The topological polar surface area (TPSA) is 69.6 Å². The fraction of sp³-hybridized carbons (Fsp3) is 0.462. The Morgan fingerprint density at radius 1 is 1.15 bits per heavy atom. The van der Waals surface area contributed by atoms with Crippen LogP contribution in [0.2, 0.25) is 5.02 Å². The van der Waals surface area contributed by atoms with Crippen molar-refractivity contribution in [3.8, 4) is 0 Å². The molecule has 0 saturated carbocycles. The second kappa shape index (κ2) is 12.4. The standard InChI is InChI=1S/C26H33ClN2O3S/c1-3-16-33-29-14-12-21(13-15-29)20-10-8-18(9-11-20)17-23(26(31)32)28-25(30)24-19(4-2)6-5-7-22(24)27/h5-11,21,23H,3-4,12-17H2,1-2H3,(H,28,30)(H,31,32). The minimum atomic E-state index is -1.06. The van der Waals surface area contributed by atoms with Crippen LogP contribution in [0.25, 0.3) is 0 Å². The predicted molar refractivity (Wildman–Crippen MR) is 136 cm³/mol. The number of nitrogens with zero attached hydrogens (tertiary/aromatic N) is 1. The average Bonchev–Trinajstić information content (AvgIpc) is 2.82. The molecule has 2 aromatic carbocycles. The van der Waals surface area contributed by atoms with E-state index in [1.54, 1.807) is 12.1 Å². The number of aliphatic carboxylic acids is 1. The van der Waals surface area contributed by atoms with Crippen molar-refractivity contribution in [2.75, 3.05) is 18.8 Å². The summed E-state index contributed by atoms with van der Waals surface area (Å²) in [5, 5.41) is 12.7. The minimum absolute atomic E-state index is 0.222. The molecular weight excluding hydrogens is 456 g/mol. The molecule has 0 spiro atoms. The molecule has 1 fully saturated rings. The molecule has 7 heteroatoms. The third-order valence-electron chi connectivity index (χ3n) is 6.13. The number of piperidine rings is 1. The smallest absolute Gasteiger partial charge is 0.326 e. The summed E-state index contributed by atoms with van der Waals surface area (Å²) in [5.41, 5.74) is 3.34. The largest absolute Gasteiger partial charge is 0.480 e. The van der Waals surface area contributed by atoms with Crippen molar-refractivity contribution >= 4 is 35.4 Å². The van der Waals surface area contributed by atoms with Gasteiger partial charge in [-0.25, -0.2) is 4.79 Å². The number of carboxylic acids is 1. The Balaban J connectivity index is 1.62. The molecule has 0 aliphatic carbocycles. The number of nitrogens with one attached hydrogen (secondary N) is 1. The maximum atomic E-state index is 12.8. The lowest BCUT2D eigenvalue weighted by atomic mass is 9.89. The van der Waals surface area contributed by atoms with E-state index in [9.17, 15) is 14.7 Å². The summed E-state index contributed by atoms with van der Waals surface area (Å²) < 4.78 is 2.47. The van der Waals surface area contributed by atoms with E-state index in [4.69, 9.17) is 11.6 Å². The number of hydrogen-bond donors (Lipinski definition) is 2. The normalized spacial score (nSPS) is 15.8. The summed E-state index contributed by atoms with van der Waals surface area (Å²) in [4.78, 5) is 24.7. The number of carbonyl (C=O) groups is 2. The lowest BCUT2D eigenvalue weighted by Crippen LogP contribution is -2.42. The van der Waals surface area contributed by atoms with E-state index < -0.39 is 17.9 Å². The number of aryl methyl sites for hydroxylation is 1. The zero-order valence-electron chi connectivity index (χ0n) is 19.4. The predicted octanol–water partition coefficient (Wildman–Crippen LogP) is 5.57. The molecule has 1 aliphatic heterocycles. The zero-order valence-corrected chi connectivity index (χ0v) is 20.9. The van der Waals surface area contributed by atoms with Crippen LogP contribution in [0.15, 0.2) is 42.5 Å². The lowest BCUT2D eigenvalue weighted by molar-refractivity contribution is -0.139. The molecule has 33 heavy (non-hydrogen) atoms. The number of halogens is 1. The van der Waals surface area contributed by atoms with Crippen molar-refractivity contribution in [3.63, 3.8) is 0 Å². The molecule has 0 aromatic heterocycles. The fourth-order valence-electron chi connectivity index (χ4n) is 4.25. The molecule has 0 radical (unpaired) electrons. The highest BCUT2D eigenvalue weighted by molar-refractivity contribution is 7.97. The van der Waals surface area contributed by atoms with Gasteiger partial charge in [-0.3, -0.25) is 9.10 Å². The summed E-state index contributed by atoms with van der Waals surface area (Å²) in [6.07, 6.45) is 4.34. The lowest BCUT2D eigenvalue weighted by Gasteiger charge is -2.31. The van der Waals surface area contributed by atoms with E-state index in [2.05, 4.69) is 28.7 Å². The molecule has 2 N–H and O–H groups in total. The van der Waals surface area contributed by atoms with E-state index >= 15 is 0 Å². The van der Waals surface area contributed by atoms with Gasteiger partial charge in [-0.1, -0.05) is 73.8 Å². The van der Waals surface area contributed by atoms with Crippen LogP contribution in [0.4, 0.5) is 0 Å². The van der Waals surface area contributed by atoms with Gasteiger partial charge in [-0.15, -0.1) is 0 Å². The van der Waals surface area contributed by atoms with Crippen LogP contribution >= 0.6 is 23.5 Å². The molecule has 1 atom stereocenters. The van der Waals surface area contributed by atoms with Crippen LogP contribution in [-0.2, 0) is 17.6 Å². The van der Waals surface area contributed by atoms with Crippen LogP contribution in [-0.4, -0.2) is 46.2 Å². The molecule has 5 nitrogen and oxygen atoms in total. The van der Waals surface area contributed by atoms with Crippen LogP contribution in [0.3, 0.4) is 0 Å². The van der Waals surface area contributed by atoms with Crippen molar-refractivity contribution in [1.82, 2.24) is 9.62 Å². The van der Waals surface area contributed by atoms with E-state index in [0.717, 1.165) is 37.1 Å². The first-order chi connectivity index (χ1) is 15.9. The third kappa shape index (κ3) is 6.98. The van der Waals surface area contributed by atoms with Crippen molar-refractivity contribution < 1.29 is 14.7 Å². The Morgan fingerprint density at radius 2 is 1.85 bits per heavy atom. The van der Waals surface area contributed by atoms with Crippen molar-refractivity contribution in [2.45, 2.75) is 57.9 Å². The number of carbonyl (C=O) groups excluding carboxylic acids is 1. The minimum Gasteiger partial charge on any atom is -0.480 e. The Bertz CT molecular complexity index is 943. The van der Waals surface area contributed by atoms with Crippen LogP contribution in [0.5, 0.6) is 0 Å². The van der Waals surface area contributed by atoms with Crippen molar-refractivity contribution in [3.05, 3.63) is 69.7 Å². The van der Waals surface area contributed by atoms with Gasteiger partial charge in [0.05, 0.1) is 10.6 Å². The van der Waals surface area contributed by atoms with Crippen LogP contribution in [0.1, 0.15) is 66.1 Å². The first kappa shape index (κ1) is 25.6. The quantitative estimate of drug-likeness (QED) is 0.428. The number of amides is 1. The van der Waals surface area contributed by atoms with Crippen LogP contribution < -0.4 is 5.32 Å². The molecule has 3 rings (SSSR count). The second-order valence-electron chi connectivity index (χ2n) is 8.47. The maximum Gasteiger partial charge on any atom is 0.326 e. The van der Waals surface area contributed by atoms with Crippen molar-refractivity contribution in [1.29, 1.82) is 0 Å². The summed E-state index contributed by atoms with van der Waals surface area (Å²) in [6, 6.07) is 12.5. The van der Waals surface area contributed by atoms with Gasteiger partial charge < -0.3 is 10.4 Å². The van der Waals surface area contributed by atoms with Gasteiger partial charge in [0, 0.05) is 25.3 Å². The highest BCUT2D eigenvalue weighted by atomic mass is 35.5. The zero-order chi connectivity index (χ0) is 23.8. The SMILES string of the molecule is CCCSN1CCC(c2ccc(CC(NC(=O)c3c(Cl)cccc3CC)C(=O)O)cc2)CC1. The second-order valence-corrected chi connectivity index (χ2v) is 10.1. The van der Waals surface area contributed by atoms with E-state index in [0.29, 0.717) is 22.9 Å². The van der Waals surface area contributed by atoms with Gasteiger partial charge in [0.15, 0.2) is 0 Å². The van der Waals surface area contributed by atoms with Gasteiger partial charge in [-0.05, 0) is 54.4 Å². The van der Waals surface area contributed by atoms with Gasteiger partial charge >= 0.3 is 5.97 Å². The summed E-state index contributed by atoms with van der Waals surface area (Å²) >= 11 is 8.19. The molecule has 1 aliphatic rings. The van der Waals surface area contributed by atoms with Gasteiger partial charge in [-0.2, -0.15) is 0 Å². The number of rotatable bonds is 10. The summed E-state index contributed by atoms with van der Waals surface area (Å²) in [7, 11) is 0.